The minimum absolute atomic E-state index is 0.0781. The van der Waals surface area contributed by atoms with E-state index in [1.807, 2.05) is 0 Å². The Kier molecular flexibility index (Phi) is 7.21. The number of aliphatic hydroxyl groups is 3. The first-order valence-corrected chi connectivity index (χ1v) is 8.82. The van der Waals surface area contributed by atoms with Crippen LogP contribution >= 0.6 is 0 Å². The number of nitrogen functional groups attached to an aromatic ring is 2. The number of nitrogens with one attached hydrogen (secondary N) is 2. The van der Waals surface area contributed by atoms with Gasteiger partial charge in [0.05, 0.1) is 37.9 Å². The van der Waals surface area contributed by atoms with Crippen molar-refractivity contribution in [2.45, 2.75) is 18.9 Å². The van der Waals surface area contributed by atoms with E-state index in [1.54, 1.807) is 18.2 Å². The molecule has 0 spiro atoms. The molecule has 2 rings (SSSR count). The van der Waals surface area contributed by atoms with Crippen LogP contribution in [0.15, 0.2) is 30.3 Å². The number of aliphatic hydroxyl groups excluding tert-OH is 2. The first-order chi connectivity index (χ1) is 13.7. The molecule has 10 nitrogen and oxygen atoms in total. The summed E-state index contributed by atoms with van der Waals surface area (Å²) >= 11 is 0. The van der Waals surface area contributed by atoms with Crippen LogP contribution in [0, 0.1) is 0 Å². The maximum absolute atomic E-state index is 10.8. The predicted octanol–water partition coefficient (Wildman–Crippen LogP) is 0.790. The van der Waals surface area contributed by atoms with Gasteiger partial charge in [-0.3, -0.25) is 0 Å². The summed E-state index contributed by atoms with van der Waals surface area (Å²) in [6, 6.07) is 7.76. The van der Waals surface area contributed by atoms with Crippen LogP contribution in [0.5, 0.6) is 17.2 Å². The molecule has 2 atom stereocenters. The van der Waals surface area contributed by atoms with Crippen molar-refractivity contribution in [2.24, 2.45) is 0 Å². The van der Waals surface area contributed by atoms with Gasteiger partial charge in [-0.2, -0.15) is 0 Å². The summed E-state index contributed by atoms with van der Waals surface area (Å²) in [5.74, 6) is 1.00. The Morgan fingerprint density at radius 3 is 2.28 bits per heavy atom. The second-order valence-corrected chi connectivity index (χ2v) is 6.44. The van der Waals surface area contributed by atoms with E-state index >= 15 is 0 Å². The molecule has 0 saturated heterocycles. The quantitative estimate of drug-likeness (QED) is 0.221. The Balaban J connectivity index is 2.26. The second kappa shape index (κ2) is 9.41. The monoisotopic (exact) mass is 408 g/mol. The van der Waals surface area contributed by atoms with Gasteiger partial charge < -0.3 is 51.6 Å². The maximum Gasteiger partial charge on any atom is 0.245 e. The van der Waals surface area contributed by atoms with Crippen LogP contribution in [0.1, 0.15) is 6.92 Å². The third-order valence-electron chi connectivity index (χ3n) is 4.09. The minimum atomic E-state index is -1.93. The van der Waals surface area contributed by atoms with Crippen molar-refractivity contribution < 1.29 is 29.5 Å². The Hall–Kier alpha value is -3.08. The van der Waals surface area contributed by atoms with Gasteiger partial charge >= 0.3 is 0 Å². The van der Waals surface area contributed by atoms with Crippen molar-refractivity contribution in [2.75, 3.05) is 49.5 Å². The summed E-state index contributed by atoms with van der Waals surface area (Å²) in [5, 5.41) is 36.0. The third kappa shape index (κ3) is 5.47. The van der Waals surface area contributed by atoms with Gasteiger partial charge in [-0.1, -0.05) is 0 Å². The topological polar surface area (TPSA) is 164 Å². The van der Waals surface area contributed by atoms with Gasteiger partial charge in [0, 0.05) is 18.3 Å². The number of anilines is 4. The van der Waals surface area contributed by atoms with Gasteiger partial charge in [0.15, 0.2) is 5.72 Å². The molecule has 0 heterocycles. The van der Waals surface area contributed by atoms with Gasteiger partial charge in [-0.25, -0.2) is 0 Å². The molecular weight excluding hydrogens is 380 g/mol. The number of hydrogen-bond donors (Lipinski definition) is 7. The van der Waals surface area contributed by atoms with E-state index in [0.29, 0.717) is 35.1 Å². The molecule has 0 fully saturated rings. The fraction of sp³-hybridized carbons (Fsp3) is 0.368. The van der Waals surface area contributed by atoms with E-state index in [2.05, 4.69) is 10.6 Å². The lowest BCUT2D eigenvalue weighted by Gasteiger charge is -2.32. The van der Waals surface area contributed by atoms with Crippen LogP contribution in [0.4, 0.5) is 22.7 Å². The zero-order valence-corrected chi connectivity index (χ0v) is 16.6. The number of hydrogen-bond acceptors (Lipinski definition) is 10. The first-order valence-electron chi connectivity index (χ1n) is 8.82. The Morgan fingerprint density at radius 2 is 1.69 bits per heavy atom. The number of methoxy groups -OCH3 is 2. The van der Waals surface area contributed by atoms with Gasteiger partial charge in [0.25, 0.3) is 0 Å². The molecular formula is C19H28N4O6. The van der Waals surface area contributed by atoms with Crippen LogP contribution in [-0.4, -0.2) is 54.7 Å². The molecule has 0 bridgehead atoms. The van der Waals surface area contributed by atoms with Crippen molar-refractivity contribution >= 4 is 22.7 Å². The number of ether oxygens (including phenoxy) is 3. The number of nitrogens with two attached hydrogens (primary N) is 2. The van der Waals surface area contributed by atoms with Crippen LogP contribution in [0.3, 0.4) is 0 Å². The van der Waals surface area contributed by atoms with E-state index in [1.165, 1.54) is 33.3 Å². The highest BCUT2D eigenvalue weighted by Crippen LogP contribution is 2.38. The predicted molar refractivity (Wildman–Crippen MR) is 111 cm³/mol. The Morgan fingerprint density at radius 1 is 1.03 bits per heavy atom. The largest absolute Gasteiger partial charge is 0.494 e. The zero-order valence-electron chi connectivity index (χ0n) is 16.6. The number of benzene rings is 2. The van der Waals surface area contributed by atoms with E-state index < -0.39 is 12.0 Å². The standard InChI is InChI=1S/C19H28N4O6/c1-19(26,18(25)29-15-5-4-11(20)8-12(15)21)23-14-9-13(22-6-7-24)16(27-2)10-17(14)28-3/h4-5,8-10,18,22-26H,6-7,20-21H2,1-3H3. The van der Waals surface area contributed by atoms with Gasteiger partial charge in [0.2, 0.25) is 6.29 Å². The molecule has 0 aliphatic rings. The molecule has 2 aromatic rings. The average molecular weight is 408 g/mol. The molecule has 160 valence electrons. The van der Waals surface area contributed by atoms with Crippen LogP contribution in [-0.2, 0) is 0 Å². The Labute approximate surface area is 169 Å². The smallest absolute Gasteiger partial charge is 0.245 e. The highest BCUT2D eigenvalue weighted by molar-refractivity contribution is 5.72. The summed E-state index contributed by atoms with van der Waals surface area (Å²) in [6.07, 6.45) is -1.69. The average Bonchev–Trinajstić information content (AvgIpc) is 2.68. The molecule has 0 aliphatic carbocycles. The maximum atomic E-state index is 10.8. The summed E-state index contributed by atoms with van der Waals surface area (Å²) < 4.78 is 16.0. The van der Waals surface area contributed by atoms with Crippen LogP contribution < -0.4 is 36.3 Å². The van der Waals surface area contributed by atoms with E-state index in [4.69, 9.17) is 30.8 Å². The SMILES string of the molecule is COc1cc(OC)c(NC(C)(O)C(O)Oc2ccc(N)cc2N)cc1NCCO. The second-order valence-electron chi connectivity index (χ2n) is 6.44. The molecule has 0 aliphatic heterocycles. The van der Waals surface area contributed by atoms with E-state index in [-0.39, 0.29) is 18.0 Å². The molecule has 10 heteroatoms. The van der Waals surface area contributed by atoms with Crippen LogP contribution in [0.25, 0.3) is 0 Å². The lowest BCUT2D eigenvalue weighted by Crippen LogP contribution is -2.49. The summed E-state index contributed by atoms with van der Waals surface area (Å²) in [7, 11) is 2.95. The van der Waals surface area contributed by atoms with Gasteiger partial charge in [-0.15, -0.1) is 0 Å². The van der Waals surface area contributed by atoms with Crippen molar-refractivity contribution in [1.29, 1.82) is 0 Å². The highest BCUT2D eigenvalue weighted by Gasteiger charge is 2.34. The zero-order chi connectivity index (χ0) is 21.6. The lowest BCUT2D eigenvalue weighted by molar-refractivity contribution is -0.145. The Bertz CT molecular complexity index is 831. The fourth-order valence-corrected chi connectivity index (χ4v) is 2.57. The normalized spacial score (nSPS) is 13.9. The summed E-state index contributed by atoms with van der Waals surface area (Å²) in [6.45, 7) is 1.54. The van der Waals surface area contributed by atoms with E-state index in [9.17, 15) is 10.2 Å². The molecule has 29 heavy (non-hydrogen) atoms. The molecule has 0 aromatic heterocycles. The van der Waals surface area contributed by atoms with Gasteiger partial charge in [-0.05, 0) is 31.2 Å². The van der Waals surface area contributed by atoms with Crippen molar-refractivity contribution in [1.82, 2.24) is 0 Å². The first kappa shape index (κ1) is 22.2. The molecule has 9 N–H and O–H groups in total. The van der Waals surface area contributed by atoms with Gasteiger partial charge in [0.1, 0.15) is 17.2 Å². The minimum Gasteiger partial charge on any atom is -0.494 e. The summed E-state index contributed by atoms with van der Waals surface area (Å²) in [4.78, 5) is 0. The fourth-order valence-electron chi connectivity index (χ4n) is 2.57. The van der Waals surface area contributed by atoms with Crippen LogP contribution in [0.2, 0.25) is 0 Å². The molecule has 0 saturated carbocycles. The lowest BCUT2D eigenvalue weighted by atomic mass is 10.1. The van der Waals surface area contributed by atoms with E-state index in [0.717, 1.165) is 0 Å². The molecule has 2 aromatic carbocycles. The summed E-state index contributed by atoms with van der Waals surface area (Å²) in [5.41, 5.74) is 11.1. The molecule has 0 amide bonds. The van der Waals surface area contributed by atoms with Crippen molar-refractivity contribution in [3.8, 4) is 17.2 Å². The molecule has 2 unspecified atom stereocenters. The third-order valence-corrected chi connectivity index (χ3v) is 4.09. The highest BCUT2D eigenvalue weighted by atomic mass is 16.6. The number of rotatable bonds is 10. The molecule has 0 radical (unpaired) electrons. The van der Waals surface area contributed by atoms with Crippen molar-refractivity contribution in [3.63, 3.8) is 0 Å². The van der Waals surface area contributed by atoms with Crippen molar-refractivity contribution in [3.05, 3.63) is 30.3 Å².